The van der Waals surface area contributed by atoms with Crippen molar-refractivity contribution in [3.8, 4) is 0 Å². The van der Waals surface area contributed by atoms with Crippen LogP contribution in [0.25, 0.3) is 0 Å². The van der Waals surface area contributed by atoms with Gasteiger partial charge in [-0.2, -0.15) is 0 Å². The molecule has 0 bridgehead atoms. The van der Waals surface area contributed by atoms with Crippen LogP contribution in [0.1, 0.15) is 6.92 Å². The number of rotatable bonds is 4. The predicted octanol–water partition coefficient (Wildman–Crippen LogP) is 1.22. The molecule has 2 heterocycles. The summed E-state index contributed by atoms with van der Waals surface area (Å²) in [5, 5.41) is 5.04. The summed E-state index contributed by atoms with van der Waals surface area (Å²) in [5.74, 6) is 0.384. The van der Waals surface area contributed by atoms with E-state index < -0.39 is 0 Å². The van der Waals surface area contributed by atoms with E-state index in [1.165, 1.54) is 29.2 Å². The number of aromatic nitrogens is 3. The second kappa shape index (κ2) is 5.85. The van der Waals surface area contributed by atoms with Crippen LogP contribution in [0, 0.1) is 0 Å². The molecular weight excluding hydrogens is 284 g/mol. The molecular formula is C10H12N6OS2. The van der Waals surface area contributed by atoms with E-state index in [0.29, 0.717) is 10.3 Å². The van der Waals surface area contributed by atoms with Crippen molar-refractivity contribution in [2.75, 3.05) is 16.8 Å². The Morgan fingerprint density at radius 3 is 2.68 bits per heavy atom. The van der Waals surface area contributed by atoms with Crippen LogP contribution >= 0.6 is 23.1 Å². The van der Waals surface area contributed by atoms with Gasteiger partial charge in [0.1, 0.15) is 11.6 Å². The number of nitrogen functional groups attached to an aromatic ring is 2. The number of nitrogens with one attached hydrogen (secondary N) is 1. The Kier molecular flexibility index (Phi) is 4.17. The number of carbonyl (C=O) groups is 1. The van der Waals surface area contributed by atoms with Gasteiger partial charge in [-0.25, -0.2) is 15.0 Å². The van der Waals surface area contributed by atoms with Gasteiger partial charge in [-0.3, -0.25) is 4.79 Å². The van der Waals surface area contributed by atoms with Crippen molar-refractivity contribution < 1.29 is 4.79 Å². The van der Waals surface area contributed by atoms with E-state index in [1.807, 2.05) is 0 Å². The molecule has 1 amide bonds. The van der Waals surface area contributed by atoms with Gasteiger partial charge < -0.3 is 16.8 Å². The molecule has 1 atom stereocenters. The van der Waals surface area contributed by atoms with E-state index in [0.717, 1.165) is 0 Å². The van der Waals surface area contributed by atoms with Crippen molar-refractivity contribution in [2.45, 2.75) is 17.3 Å². The van der Waals surface area contributed by atoms with Gasteiger partial charge in [-0.05, 0) is 6.92 Å². The molecule has 19 heavy (non-hydrogen) atoms. The molecule has 5 N–H and O–H groups in total. The first-order chi connectivity index (χ1) is 9.04. The molecule has 0 spiro atoms. The summed E-state index contributed by atoms with van der Waals surface area (Å²) in [6, 6.07) is 1.46. The Labute approximate surface area is 117 Å². The molecule has 100 valence electrons. The third-order valence-corrected chi connectivity index (χ3v) is 3.71. The van der Waals surface area contributed by atoms with Gasteiger partial charge in [0.05, 0.1) is 5.25 Å². The van der Waals surface area contributed by atoms with E-state index in [-0.39, 0.29) is 22.8 Å². The lowest BCUT2D eigenvalue weighted by atomic mass is 10.4. The quantitative estimate of drug-likeness (QED) is 0.573. The molecule has 2 rings (SSSR count). The molecule has 2 aromatic rings. The number of nitrogens with zero attached hydrogens (tertiary/aromatic N) is 3. The minimum Gasteiger partial charge on any atom is -0.383 e. The van der Waals surface area contributed by atoms with Crippen LogP contribution in [0.5, 0.6) is 0 Å². The first kappa shape index (κ1) is 13.6. The van der Waals surface area contributed by atoms with Crippen LogP contribution in [0.2, 0.25) is 0 Å². The molecule has 2 aromatic heterocycles. The SMILES string of the molecule is CC(Sc1nc(N)cc(N)n1)C(=O)Nc1nccs1. The summed E-state index contributed by atoms with van der Waals surface area (Å²) in [6.07, 6.45) is 1.62. The largest absolute Gasteiger partial charge is 0.383 e. The number of hydrogen-bond donors (Lipinski definition) is 3. The van der Waals surface area contributed by atoms with Crippen LogP contribution in [0.4, 0.5) is 16.8 Å². The third-order valence-electron chi connectivity index (χ3n) is 2.06. The summed E-state index contributed by atoms with van der Waals surface area (Å²) >= 11 is 2.54. The van der Waals surface area contributed by atoms with Crippen molar-refractivity contribution in [1.82, 2.24) is 15.0 Å². The monoisotopic (exact) mass is 296 g/mol. The van der Waals surface area contributed by atoms with Crippen molar-refractivity contribution >= 4 is 45.8 Å². The molecule has 0 saturated carbocycles. The number of amides is 1. The number of hydrogen-bond acceptors (Lipinski definition) is 8. The second-order valence-electron chi connectivity index (χ2n) is 3.59. The zero-order chi connectivity index (χ0) is 13.8. The van der Waals surface area contributed by atoms with Gasteiger partial charge in [-0.1, -0.05) is 11.8 Å². The van der Waals surface area contributed by atoms with E-state index in [1.54, 1.807) is 18.5 Å². The van der Waals surface area contributed by atoms with Crippen LogP contribution in [-0.4, -0.2) is 26.1 Å². The highest BCUT2D eigenvalue weighted by atomic mass is 32.2. The molecule has 0 fully saturated rings. The second-order valence-corrected chi connectivity index (χ2v) is 5.79. The molecule has 0 aliphatic heterocycles. The number of thiazole rings is 1. The van der Waals surface area contributed by atoms with Crippen molar-refractivity contribution in [2.24, 2.45) is 0 Å². The molecule has 1 unspecified atom stereocenters. The predicted molar refractivity (Wildman–Crippen MR) is 76.9 cm³/mol. The van der Waals surface area contributed by atoms with Crippen molar-refractivity contribution in [1.29, 1.82) is 0 Å². The maximum Gasteiger partial charge on any atom is 0.239 e. The van der Waals surface area contributed by atoms with Gasteiger partial charge in [-0.15, -0.1) is 11.3 Å². The molecule has 0 saturated heterocycles. The zero-order valence-corrected chi connectivity index (χ0v) is 11.7. The average molecular weight is 296 g/mol. The molecule has 0 aromatic carbocycles. The topological polar surface area (TPSA) is 120 Å². The number of anilines is 3. The van der Waals surface area contributed by atoms with Gasteiger partial charge in [0.2, 0.25) is 5.91 Å². The summed E-state index contributed by atoms with van der Waals surface area (Å²) in [4.78, 5) is 23.9. The van der Waals surface area contributed by atoms with E-state index in [2.05, 4.69) is 20.3 Å². The molecule has 7 nitrogen and oxygen atoms in total. The van der Waals surface area contributed by atoms with Gasteiger partial charge in [0, 0.05) is 17.6 Å². The Bertz CT molecular complexity index is 553. The van der Waals surface area contributed by atoms with Gasteiger partial charge in [0.15, 0.2) is 10.3 Å². The summed E-state index contributed by atoms with van der Waals surface area (Å²) in [7, 11) is 0. The van der Waals surface area contributed by atoms with Crippen LogP contribution in [-0.2, 0) is 4.79 Å². The highest BCUT2D eigenvalue weighted by Crippen LogP contribution is 2.22. The fourth-order valence-electron chi connectivity index (χ4n) is 1.22. The number of thioether (sulfide) groups is 1. The van der Waals surface area contributed by atoms with Gasteiger partial charge >= 0.3 is 0 Å². The summed E-state index contributed by atoms with van der Waals surface area (Å²) < 4.78 is 0. The highest BCUT2D eigenvalue weighted by Gasteiger charge is 2.17. The van der Waals surface area contributed by atoms with Crippen LogP contribution in [0.15, 0.2) is 22.8 Å². The van der Waals surface area contributed by atoms with Gasteiger partial charge in [0.25, 0.3) is 0 Å². The fraction of sp³-hybridized carbons (Fsp3) is 0.200. The van der Waals surface area contributed by atoms with E-state index >= 15 is 0 Å². The lowest BCUT2D eigenvalue weighted by Crippen LogP contribution is -2.22. The Morgan fingerprint density at radius 1 is 1.42 bits per heavy atom. The standard InChI is InChI=1S/C10H12N6OS2/c1-5(8(17)16-9-13-2-3-18-9)19-10-14-6(11)4-7(12)15-10/h2-5H,1H3,(H,13,16,17)(H4,11,12,14,15). The minimum absolute atomic E-state index is 0.176. The first-order valence-corrected chi connectivity index (χ1v) is 7.07. The summed E-state index contributed by atoms with van der Waals surface area (Å²) in [5.41, 5.74) is 11.1. The van der Waals surface area contributed by atoms with Crippen molar-refractivity contribution in [3.63, 3.8) is 0 Å². The number of carbonyl (C=O) groups excluding carboxylic acids is 1. The highest BCUT2D eigenvalue weighted by molar-refractivity contribution is 8.00. The first-order valence-electron chi connectivity index (χ1n) is 5.31. The lowest BCUT2D eigenvalue weighted by Gasteiger charge is -2.09. The molecule has 0 aliphatic carbocycles. The molecule has 0 radical (unpaired) electrons. The molecule has 9 heteroatoms. The summed E-state index contributed by atoms with van der Waals surface area (Å²) in [6.45, 7) is 1.75. The molecule has 0 aliphatic rings. The zero-order valence-electron chi connectivity index (χ0n) is 10.0. The Morgan fingerprint density at radius 2 is 2.11 bits per heavy atom. The van der Waals surface area contributed by atoms with Crippen molar-refractivity contribution in [3.05, 3.63) is 17.6 Å². The van der Waals surface area contributed by atoms with E-state index in [9.17, 15) is 4.79 Å². The van der Waals surface area contributed by atoms with Crippen LogP contribution in [0.3, 0.4) is 0 Å². The maximum absolute atomic E-state index is 11.9. The van der Waals surface area contributed by atoms with Crippen LogP contribution < -0.4 is 16.8 Å². The third kappa shape index (κ3) is 3.80. The minimum atomic E-state index is -0.384. The average Bonchev–Trinajstić information content (AvgIpc) is 2.80. The normalized spacial score (nSPS) is 12.1. The Balaban J connectivity index is 2.00. The maximum atomic E-state index is 11.9. The fourth-order valence-corrected chi connectivity index (χ4v) is 2.55. The number of nitrogens with two attached hydrogens (primary N) is 2. The van der Waals surface area contributed by atoms with E-state index in [4.69, 9.17) is 11.5 Å². The Hall–Kier alpha value is -1.87. The smallest absolute Gasteiger partial charge is 0.239 e. The lowest BCUT2D eigenvalue weighted by molar-refractivity contribution is -0.115.